The predicted molar refractivity (Wildman–Crippen MR) is 146 cm³/mol. The van der Waals surface area contributed by atoms with Crippen molar-refractivity contribution in [2.75, 3.05) is 12.4 Å². The van der Waals surface area contributed by atoms with Gasteiger partial charge in [-0.3, -0.25) is 23.7 Å². The van der Waals surface area contributed by atoms with Crippen LogP contribution in [0.1, 0.15) is 51.4 Å². The molecule has 0 saturated carbocycles. The molecular formula is C26H24ClN5O7S. The second-order valence-electron chi connectivity index (χ2n) is 9.59. The molecule has 0 aromatic carbocycles. The van der Waals surface area contributed by atoms with Gasteiger partial charge in [0.2, 0.25) is 5.78 Å². The molecular weight excluding hydrogens is 562 g/mol. The number of carbonyl (C=O) groups is 4. The van der Waals surface area contributed by atoms with E-state index in [1.807, 2.05) is 6.07 Å². The van der Waals surface area contributed by atoms with Gasteiger partial charge in [-0.25, -0.2) is 4.79 Å². The van der Waals surface area contributed by atoms with Gasteiger partial charge in [0.1, 0.15) is 17.8 Å². The Morgan fingerprint density at radius 2 is 1.88 bits per heavy atom. The standard InChI is InChI=1S/C26H24ClN5O7S/c1-26(2,3)25(37)32-20(28-12-14-5-7-19(27)40-14)11-17(29-32)15-6-8-21(34)31(22(15)23(35)24(36)38-4)13-18(33)16-9-10-39-30-16/h5-11,28H,12-13H2,1-4H3. The lowest BCUT2D eigenvalue weighted by Gasteiger charge is -2.18. The lowest BCUT2D eigenvalue weighted by atomic mass is 9.96. The Morgan fingerprint density at radius 3 is 2.48 bits per heavy atom. The summed E-state index contributed by atoms with van der Waals surface area (Å²) >= 11 is 7.40. The summed E-state index contributed by atoms with van der Waals surface area (Å²) < 4.78 is 11.9. The quantitative estimate of drug-likeness (QED) is 0.173. The Labute approximate surface area is 236 Å². The topological polar surface area (TPSA) is 155 Å². The third-order valence-electron chi connectivity index (χ3n) is 5.69. The maximum atomic E-state index is 13.3. The van der Waals surface area contributed by atoms with Gasteiger partial charge in [0, 0.05) is 34.1 Å². The van der Waals surface area contributed by atoms with Gasteiger partial charge in [0.15, 0.2) is 5.69 Å². The number of methoxy groups -OCH3 is 1. The minimum absolute atomic E-state index is 0.0330. The number of ketones is 2. The fourth-order valence-electron chi connectivity index (χ4n) is 3.69. The molecule has 208 valence electrons. The summed E-state index contributed by atoms with van der Waals surface area (Å²) in [7, 11) is 1.02. The zero-order valence-electron chi connectivity index (χ0n) is 21.9. The van der Waals surface area contributed by atoms with Crippen molar-refractivity contribution in [1.29, 1.82) is 0 Å². The highest BCUT2D eigenvalue weighted by molar-refractivity contribution is 7.16. The van der Waals surface area contributed by atoms with Crippen LogP contribution in [0.2, 0.25) is 4.34 Å². The lowest BCUT2D eigenvalue weighted by Crippen LogP contribution is -2.32. The molecule has 4 aromatic heterocycles. The van der Waals surface area contributed by atoms with Crippen LogP contribution in [0, 0.1) is 5.41 Å². The molecule has 0 unspecified atom stereocenters. The van der Waals surface area contributed by atoms with Gasteiger partial charge in [-0.2, -0.15) is 9.78 Å². The Bertz CT molecular complexity index is 1660. The molecule has 4 rings (SSSR count). The molecule has 0 aliphatic rings. The van der Waals surface area contributed by atoms with Gasteiger partial charge in [-0.15, -0.1) is 11.3 Å². The molecule has 1 N–H and O–H groups in total. The van der Waals surface area contributed by atoms with Crippen LogP contribution in [0.15, 0.2) is 52.0 Å². The molecule has 0 aliphatic heterocycles. The summed E-state index contributed by atoms with van der Waals surface area (Å²) in [6.07, 6.45) is 1.19. The van der Waals surface area contributed by atoms with Gasteiger partial charge in [0.25, 0.3) is 17.2 Å². The van der Waals surface area contributed by atoms with Crippen LogP contribution in [0.25, 0.3) is 11.3 Å². The first-order valence-corrected chi connectivity index (χ1v) is 13.0. The summed E-state index contributed by atoms with van der Waals surface area (Å²) in [5.74, 6) is -3.14. The molecule has 14 heteroatoms. The number of Topliss-reactive ketones (excluding diaryl/α,β-unsaturated/α-hetero) is 2. The van der Waals surface area contributed by atoms with Crippen LogP contribution >= 0.6 is 22.9 Å². The number of esters is 1. The third-order valence-corrected chi connectivity index (χ3v) is 6.92. The zero-order chi connectivity index (χ0) is 29.2. The number of rotatable bonds is 9. The van der Waals surface area contributed by atoms with Crippen molar-refractivity contribution in [3.63, 3.8) is 0 Å². The zero-order valence-corrected chi connectivity index (χ0v) is 23.5. The minimum Gasteiger partial charge on any atom is -0.463 e. The van der Waals surface area contributed by atoms with Crippen LogP contribution in [0.3, 0.4) is 0 Å². The van der Waals surface area contributed by atoms with Gasteiger partial charge in [0.05, 0.1) is 30.2 Å². The number of hydrogen-bond donors (Lipinski definition) is 1. The van der Waals surface area contributed by atoms with Crippen molar-refractivity contribution in [2.45, 2.75) is 33.9 Å². The molecule has 0 saturated heterocycles. The van der Waals surface area contributed by atoms with E-state index in [9.17, 15) is 24.0 Å². The van der Waals surface area contributed by atoms with E-state index in [1.165, 1.54) is 35.8 Å². The molecule has 12 nitrogen and oxygen atoms in total. The number of thiophene rings is 1. The Kier molecular flexibility index (Phi) is 8.16. The summed E-state index contributed by atoms with van der Waals surface area (Å²) in [5, 5.41) is 11.2. The normalized spacial score (nSPS) is 11.3. The molecule has 0 fully saturated rings. The Morgan fingerprint density at radius 1 is 1.12 bits per heavy atom. The molecule has 0 atom stereocenters. The SMILES string of the molecule is COC(=O)C(=O)c1c(-c2cc(NCc3ccc(Cl)s3)n(C(=O)C(C)(C)C)n2)ccc(=O)n1CC(=O)c1ccon1. The summed E-state index contributed by atoms with van der Waals surface area (Å²) in [5.41, 5.74) is -1.94. The number of nitrogens with zero attached hydrogens (tertiary/aromatic N) is 4. The van der Waals surface area contributed by atoms with Crippen LogP contribution < -0.4 is 10.9 Å². The Hall–Kier alpha value is -4.36. The number of halogens is 1. The first kappa shape index (κ1) is 28.6. The van der Waals surface area contributed by atoms with E-state index in [2.05, 4.69) is 20.3 Å². The van der Waals surface area contributed by atoms with Crippen LogP contribution in [-0.2, 0) is 22.6 Å². The molecule has 0 amide bonds. The van der Waals surface area contributed by atoms with E-state index >= 15 is 0 Å². The van der Waals surface area contributed by atoms with Gasteiger partial charge >= 0.3 is 5.97 Å². The van der Waals surface area contributed by atoms with Crippen LogP contribution in [0.5, 0.6) is 0 Å². The highest BCUT2D eigenvalue weighted by atomic mass is 35.5. The molecule has 40 heavy (non-hydrogen) atoms. The van der Waals surface area contributed by atoms with E-state index in [0.717, 1.165) is 27.3 Å². The average Bonchev–Trinajstić information content (AvgIpc) is 3.68. The van der Waals surface area contributed by atoms with E-state index in [0.29, 0.717) is 16.7 Å². The molecule has 0 bridgehead atoms. The van der Waals surface area contributed by atoms with E-state index in [4.69, 9.17) is 16.1 Å². The van der Waals surface area contributed by atoms with Crippen molar-refractivity contribution in [1.82, 2.24) is 19.5 Å². The second kappa shape index (κ2) is 11.4. The van der Waals surface area contributed by atoms with E-state index in [-0.39, 0.29) is 22.9 Å². The number of carbonyl (C=O) groups excluding carboxylic acids is 4. The lowest BCUT2D eigenvalue weighted by molar-refractivity contribution is -0.135. The second-order valence-corrected chi connectivity index (χ2v) is 11.4. The largest absolute Gasteiger partial charge is 0.463 e. The fraction of sp³-hybridized carbons (Fsp3) is 0.269. The number of pyridine rings is 1. The summed E-state index contributed by atoms with van der Waals surface area (Å²) in [6.45, 7) is 4.87. The molecule has 4 heterocycles. The highest BCUT2D eigenvalue weighted by Crippen LogP contribution is 2.29. The summed E-state index contributed by atoms with van der Waals surface area (Å²) in [4.78, 5) is 65.4. The van der Waals surface area contributed by atoms with E-state index < -0.39 is 40.7 Å². The van der Waals surface area contributed by atoms with E-state index in [1.54, 1.807) is 26.8 Å². The fourth-order valence-corrected chi connectivity index (χ4v) is 4.72. The number of anilines is 1. The van der Waals surface area contributed by atoms with Gasteiger partial charge < -0.3 is 14.6 Å². The predicted octanol–water partition coefficient (Wildman–Crippen LogP) is 3.95. The van der Waals surface area contributed by atoms with Crippen LogP contribution in [0.4, 0.5) is 5.82 Å². The first-order chi connectivity index (χ1) is 18.9. The minimum atomic E-state index is -1.26. The molecule has 0 radical (unpaired) electrons. The van der Waals surface area contributed by atoms with Crippen molar-refractivity contribution < 1.29 is 28.4 Å². The number of nitrogens with one attached hydrogen (secondary N) is 1. The van der Waals surface area contributed by atoms with Crippen molar-refractivity contribution in [3.05, 3.63) is 73.6 Å². The maximum Gasteiger partial charge on any atom is 0.381 e. The summed E-state index contributed by atoms with van der Waals surface area (Å²) in [6, 6.07) is 8.83. The van der Waals surface area contributed by atoms with Gasteiger partial charge in [-0.1, -0.05) is 37.5 Å². The van der Waals surface area contributed by atoms with Crippen molar-refractivity contribution in [3.8, 4) is 11.3 Å². The van der Waals surface area contributed by atoms with Crippen molar-refractivity contribution in [2.24, 2.45) is 5.41 Å². The Balaban J connectivity index is 1.86. The highest BCUT2D eigenvalue weighted by Gasteiger charge is 2.31. The van der Waals surface area contributed by atoms with Crippen LogP contribution in [-0.4, -0.2) is 50.1 Å². The smallest absolute Gasteiger partial charge is 0.381 e. The molecule has 0 spiro atoms. The number of aromatic nitrogens is 4. The molecule has 0 aliphatic carbocycles. The third kappa shape index (κ3) is 5.95. The first-order valence-electron chi connectivity index (χ1n) is 11.8. The number of ether oxygens (including phenoxy) is 1. The van der Waals surface area contributed by atoms with Gasteiger partial charge in [-0.05, 0) is 18.2 Å². The monoisotopic (exact) mass is 585 g/mol. The van der Waals surface area contributed by atoms with Crippen molar-refractivity contribution >= 4 is 52.2 Å². The molecule has 4 aromatic rings. The maximum absolute atomic E-state index is 13.3. The average molecular weight is 586 g/mol. The number of hydrogen-bond acceptors (Lipinski definition) is 11.